The van der Waals surface area contributed by atoms with Crippen molar-refractivity contribution in [1.29, 1.82) is 0 Å². The lowest BCUT2D eigenvalue weighted by Crippen LogP contribution is -2.23. The van der Waals surface area contributed by atoms with E-state index in [9.17, 15) is 4.79 Å². The number of rotatable bonds is 9. The zero-order valence-electron chi connectivity index (χ0n) is 16.1. The van der Waals surface area contributed by atoms with Gasteiger partial charge in [0.15, 0.2) is 5.82 Å². The van der Waals surface area contributed by atoms with Crippen molar-refractivity contribution in [3.63, 3.8) is 0 Å². The monoisotopic (exact) mass is 372 g/mol. The number of amides is 1. The molecule has 2 aromatic rings. The van der Waals surface area contributed by atoms with Crippen LogP contribution < -0.4 is 10.1 Å². The molecule has 0 atom stereocenters. The quantitative estimate of drug-likeness (QED) is 0.724. The van der Waals surface area contributed by atoms with Crippen molar-refractivity contribution in [2.75, 3.05) is 0 Å². The summed E-state index contributed by atoms with van der Waals surface area (Å²) in [6, 6.07) is 3.81. The third-order valence-electron chi connectivity index (χ3n) is 4.70. The van der Waals surface area contributed by atoms with Crippen molar-refractivity contribution in [1.82, 2.24) is 20.4 Å². The van der Waals surface area contributed by atoms with Crippen molar-refractivity contribution < 1.29 is 14.1 Å². The van der Waals surface area contributed by atoms with Crippen LogP contribution in [0.15, 0.2) is 22.9 Å². The molecule has 2 aromatic heterocycles. The van der Waals surface area contributed by atoms with Crippen LogP contribution in [-0.2, 0) is 17.8 Å². The van der Waals surface area contributed by atoms with Gasteiger partial charge in [-0.05, 0) is 38.2 Å². The van der Waals surface area contributed by atoms with E-state index in [1.165, 1.54) is 12.8 Å². The number of hydrogen-bond acceptors (Lipinski definition) is 6. The van der Waals surface area contributed by atoms with Crippen LogP contribution in [0.3, 0.4) is 0 Å². The Balaban J connectivity index is 1.42. The number of pyridine rings is 1. The zero-order chi connectivity index (χ0) is 19.1. The molecule has 0 bridgehead atoms. The van der Waals surface area contributed by atoms with Gasteiger partial charge in [-0.2, -0.15) is 4.98 Å². The molecule has 2 heterocycles. The second kappa shape index (κ2) is 9.48. The summed E-state index contributed by atoms with van der Waals surface area (Å²) in [5.74, 6) is 2.17. The number of nitrogens with one attached hydrogen (secondary N) is 1. The van der Waals surface area contributed by atoms with Gasteiger partial charge in [-0.25, -0.2) is 4.98 Å². The van der Waals surface area contributed by atoms with Crippen LogP contribution in [0.2, 0.25) is 0 Å². The molecule has 27 heavy (non-hydrogen) atoms. The lowest BCUT2D eigenvalue weighted by atomic mass is 10.2. The summed E-state index contributed by atoms with van der Waals surface area (Å²) < 4.78 is 11.2. The van der Waals surface area contributed by atoms with E-state index in [-0.39, 0.29) is 17.9 Å². The first-order valence-electron chi connectivity index (χ1n) is 9.81. The number of carbonyl (C=O) groups is 1. The largest absolute Gasteiger partial charge is 0.474 e. The maximum Gasteiger partial charge on any atom is 0.226 e. The molecule has 0 unspecified atom stereocenters. The Labute approximate surface area is 159 Å². The van der Waals surface area contributed by atoms with Crippen molar-refractivity contribution in [2.45, 2.75) is 77.4 Å². The van der Waals surface area contributed by atoms with Crippen molar-refractivity contribution in [3.8, 4) is 5.88 Å². The highest BCUT2D eigenvalue weighted by Crippen LogP contribution is 2.25. The molecule has 1 aliphatic rings. The first-order chi connectivity index (χ1) is 13.1. The fraction of sp³-hybridized carbons (Fsp3) is 0.600. The molecule has 0 radical (unpaired) electrons. The molecule has 1 N–H and O–H groups in total. The van der Waals surface area contributed by atoms with Crippen LogP contribution in [0, 0.1) is 0 Å². The van der Waals surface area contributed by atoms with Crippen LogP contribution in [0.25, 0.3) is 0 Å². The number of ether oxygens (including phenoxy) is 1. The van der Waals surface area contributed by atoms with Gasteiger partial charge in [-0.3, -0.25) is 4.79 Å². The van der Waals surface area contributed by atoms with E-state index in [1.54, 1.807) is 6.20 Å². The van der Waals surface area contributed by atoms with Crippen LogP contribution in [0.5, 0.6) is 5.88 Å². The van der Waals surface area contributed by atoms with E-state index < -0.39 is 0 Å². The van der Waals surface area contributed by atoms with Gasteiger partial charge in [-0.15, -0.1) is 0 Å². The molecule has 1 saturated carbocycles. The number of aromatic nitrogens is 3. The Kier molecular flexibility index (Phi) is 6.79. The summed E-state index contributed by atoms with van der Waals surface area (Å²) in [5, 5.41) is 6.88. The predicted molar refractivity (Wildman–Crippen MR) is 100 cm³/mol. The smallest absolute Gasteiger partial charge is 0.226 e. The fourth-order valence-electron chi connectivity index (χ4n) is 3.12. The summed E-state index contributed by atoms with van der Waals surface area (Å²) >= 11 is 0. The first-order valence-corrected chi connectivity index (χ1v) is 9.81. The maximum atomic E-state index is 12.1. The summed E-state index contributed by atoms with van der Waals surface area (Å²) in [7, 11) is 0. The fourth-order valence-corrected chi connectivity index (χ4v) is 3.12. The molecule has 1 amide bonds. The van der Waals surface area contributed by atoms with Crippen molar-refractivity contribution in [2.24, 2.45) is 0 Å². The van der Waals surface area contributed by atoms with E-state index in [0.717, 1.165) is 18.4 Å². The summed E-state index contributed by atoms with van der Waals surface area (Å²) in [6.45, 7) is 4.46. The Hall–Kier alpha value is -2.44. The highest BCUT2D eigenvalue weighted by atomic mass is 16.5. The van der Waals surface area contributed by atoms with E-state index in [2.05, 4.69) is 20.4 Å². The molecule has 1 aliphatic carbocycles. The summed E-state index contributed by atoms with van der Waals surface area (Å²) in [5.41, 5.74) is 0.913. The van der Waals surface area contributed by atoms with Crippen LogP contribution >= 0.6 is 0 Å². The molecule has 7 heteroatoms. The number of nitrogens with zero attached hydrogens (tertiary/aromatic N) is 3. The molecule has 0 spiro atoms. The Morgan fingerprint density at radius 1 is 1.37 bits per heavy atom. The minimum Gasteiger partial charge on any atom is -0.474 e. The van der Waals surface area contributed by atoms with Gasteiger partial charge in [-0.1, -0.05) is 25.1 Å². The Morgan fingerprint density at radius 3 is 2.93 bits per heavy atom. The third kappa shape index (κ3) is 5.77. The third-order valence-corrected chi connectivity index (χ3v) is 4.70. The highest BCUT2D eigenvalue weighted by Gasteiger charge is 2.18. The standard InChI is InChI=1S/C20H28N4O3/c1-14(2)19-23-18(27-24-19)11-5-10-17(25)22-13-15-7-6-12-21-20(15)26-16-8-3-4-9-16/h6-7,12,14,16H,3-5,8-11,13H2,1-2H3,(H,22,25). The van der Waals surface area contributed by atoms with E-state index in [1.807, 2.05) is 26.0 Å². The lowest BCUT2D eigenvalue weighted by Gasteiger charge is -2.15. The average Bonchev–Trinajstić information content (AvgIpc) is 3.33. The normalized spacial score (nSPS) is 14.6. The van der Waals surface area contributed by atoms with Gasteiger partial charge in [0.1, 0.15) is 6.10 Å². The number of hydrogen-bond donors (Lipinski definition) is 1. The van der Waals surface area contributed by atoms with Gasteiger partial charge in [0.2, 0.25) is 17.7 Å². The molecule has 146 valence electrons. The second-order valence-electron chi connectivity index (χ2n) is 7.32. The van der Waals surface area contributed by atoms with Gasteiger partial charge in [0.05, 0.1) is 0 Å². The second-order valence-corrected chi connectivity index (χ2v) is 7.32. The summed E-state index contributed by atoms with van der Waals surface area (Å²) in [4.78, 5) is 20.8. The van der Waals surface area contributed by atoms with Crippen LogP contribution in [0.1, 0.15) is 75.6 Å². The van der Waals surface area contributed by atoms with Gasteiger partial charge in [0.25, 0.3) is 0 Å². The maximum absolute atomic E-state index is 12.1. The van der Waals surface area contributed by atoms with Gasteiger partial charge >= 0.3 is 0 Å². The van der Waals surface area contributed by atoms with E-state index >= 15 is 0 Å². The minimum absolute atomic E-state index is 0.00531. The lowest BCUT2D eigenvalue weighted by molar-refractivity contribution is -0.121. The zero-order valence-corrected chi connectivity index (χ0v) is 16.1. The molecule has 0 saturated heterocycles. The topological polar surface area (TPSA) is 90.1 Å². The Morgan fingerprint density at radius 2 is 2.19 bits per heavy atom. The van der Waals surface area contributed by atoms with E-state index in [4.69, 9.17) is 9.26 Å². The molecular formula is C20H28N4O3. The molecular weight excluding hydrogens is 344 g/mol. The van der Waals surface area contributed by atoms with E-state index in [0.29, 0.717) is 43.4 Å². The number of aryl methyl sites for hydroxylation is 1. The van der Waals surface area contributed by atoms with Gasteiger partial charge < -0.3 is 14.6 Å². The minimum atomic E-state index is -0.00531. The van der Waals surface area contributed by atoms with Crippen molar-refractivity contribution >= 4 is 5.91 Å². The molecule has 0 aliphatic heterocycles. The predicted octanol–water partition coefficient (Wildman–Crippen LogP) is 3.55. The highest BCUT2D eigenvalue weighted by molar-refractivity contribution is 5.75. The van der Waals surface area contributed by atoms with Crippen LogP contribution in [0.4, 0.5) is 0 Å². The average molecular weight is 372 g/mol. The summed E-state index contributed by atoms with van der Waals surface area (Å²) in [6.07, 6.45) is 8.25. The number of carbonyl (C=O) groups excluding carboxylic acids is 1. The molecule has 3 rings (SSSR count). The first kappa shape index (κ1) is 19.3. The molecule has 1 fully saturated rings. The molecule has 0 aromatic carbocycles. The van der Waals surface area contributed by atoms with Gasteiger partial charge in [0, 0.05) is 37.1 Å². The Bertz CT molecular complexity index is 738. The SMILES string of the molecule is CC(C)c1noc(CCCC(=O)NCc2cccnc2OC2CCCC2)n1. The molecule has 7 nitrogen and oxygen atoms in total. The van der Waals surface area contributed by atoms with Crippen LogP contribution in [-0.4, -0.2) is 27.1 Å². The van der Waals surface area contributed by atoms with Crippen molar-refractivity contribution in [3.05, 3.63) is 35.6 Å².